The molecule has 0 radical (unpaired) electrons. The third-order valence-electron chi connectivity index (χ3n) is 2.05. The van der Waals surface area contributed by atoms with E-state index in [1.165, 1.54) is 37.4 Å². The number of Topliss-reactive ketones (excluding diaryl/α,β-unsaturated/α-hetero) is 1. The van der Waals surface area contributed by atoms with E-state index in [1.54, 1.807) is 14.0 Å². The monoisotopic (exact) mass is 281 g/mol. The van der Waals surface area contributed by atoms with Crippen LogP contribution in [0.4, 0.5) is 0 Å². The minimum atomic E-state index is -3.87. The van der Waals surface area contributed by atoms with Gasteiger partial charge in [-0.05, 0) is 38.3 Å². The Balaban J connectivity index is 5.51. The average Bonchev–Trinajstić information content (AvgIpc) is 2.30. The summed E-state index contributed by atoms with van der Waals surface area (Å²) in [4.78, 5) is 11.0. The van der Waals surface area contributed by atoms with E-state index < -0.39 is 15.6 Å². The van der Waals surface area contributed by atoms with Crippen molar-refractivity contribution < 1.29 is 13.2 Å². The van der Waals surface area contributed by atoms with E-state index in [9.17, 15) is 13.2 Å². The molecule has 1 N–H and O–H groups in total. The van der Waals surface area contributed by atoms with Gasteiger partial charge in [0, 0.05) is 7.05 Å². The van der Waals surface area contributed by atoms with E-state index in [1.807, 2.05) is 0 Å². The number of sulfone groups is 1. The predicted molar refractivity (Wildman–Crippen MR) is 79.0 cm³/mol. The Morgan fingerprint density at radius 1 is 1.16 bits per heavy atom. The van der Waals surface area contributed by atoms with E-state index in [0.29, 0.717) is 5.57 Å². The van der Waals surface area contributed by atoms with Gasteiger partial charge in [0.2, 0.25) is 9.84 Å². The lowest BCUT2D eigenvalue weighted by atomic mass is 10.3. The van der Waals surface area contributed by atoms with Gasteiger partial charge in [0.05, 0.1) is 4.91 Å². The molecule has 0 amide bonds. The quantitative estimate of drug-likeness (QED) is 0.574. The average molecular weight is 281 g/mol. The van der Waals surface area contributed by atoms with Crippen molar-refractivity contribution in [2.24, 2.45) is 0 Å². The second-order valence-electron chi connectivity index (χ2n) is 3.88. The first kappa shape index (κ1) is 17.1. The molecule has 0 rings (SSSR count). The molecule has 0 saturated carbocycles. The molecule has 0 aliphatic carbocycles. The molecule has 4 nitrogen and oxygen atoms in total. The molecule has 0 aromatic rings. The molecule has 0 spiro atoms. The zero-order valence-electron chi connectivity index (χ0n) is 11.4. The van der Waals surface area contributed by atoms with Crippen LogP contribution in [-0.2, 0) is 14.6 Å². The highest BCUT2D eigenvalue weighted by Gasteiger charge is 2.23. The molecular weight excluding hydrogens is 262 g/mol. The molecule has 0 heterocycles. The fraction of sp³-hybridized carbons (Fsp3) is 0.214. The number of hydrogen-bond acceptors (Lipinski definition) is 4. The highest BCUT2D eigenvalue weighted by atomic mass is 32.2. The lowest BCUT2D eigenvalue weighted by Gasteiger charge is -2.05. The number of hydrogen-bond donors (Lipinski definition) is 1. The van der Waals surface area contributed by atoms with E-state index in [-0.39, 0.29) is 9.81 Å². The van der Waals surface area contributed by atoms with Crippen molar-refractivity contribution in [3.05, 3.63) is 59.0 Å². The summed E-state index contributed by atoms with van der Waals surface area (Å²) in [5, 5.41) is 2.70. The minimum absolute atomic E-state index is 0.144. The molecule has 0 aliphatic heterocycles. The van der Waals surface area contributed by atoms with Gasteiger partial charge in [-0.1, -0.05) is 24.8 Å². The summed E-state index contributed by atoms with van der Waals surface area (Å²) in [6, 6.07) is 0. The molecule has 0 aromatic heterocycles. The Kier molecular flexibility index (Phi) is 6.79. The fourth-order valence-corrected chi connectivity index (χ4v) is 2.26. The third-order valence-corrected chi connectivity index (χ3v) is 3.87. The molecule has 104 valence electrons. The van der Waals surface area contributed by atoms with Crippen molar-refractivity contribution in [3.8, 4) is 0 Å². The van der Waals surface area contributed by atoms with E-state index in [0.717, 1.165) is 0 Å². The van der Waals surface area contributed by atoms with Crippen LogP contribution < -0.4 is 5.32 Å². The maximum Gasteiger partial charge on any atom is 0.209 e. The second kappa shape index (κ2) is 7.53. The van der Waals surface area contributed by atoms with Crippen molar-refractivity contribution in [2.75, 3.05) is 7.05 Å². The topological polar surface area (TPSA) is 63.2 Å². The van der Waals surface area contributed by atoms with Gasteiger partial charge in [0.1, 0.15) is 4.91 Å². The van der Waals surface area contributed by atoms with Crippen LogP contribution in [0, 0.1) is 0 Å². The summed E-state index contributed by atoms with van der Waals surface area (Å²) in [5.74, 6) is -0.536. The number of carbonyl (C=O) groups excluding carboxylic acids is 1. The molecule has 0 bridgehead atoms. The normalized spacial score (nSPS) is 12.9. The lowest BCUT2D eigenvalue weighted by molar-refractivity contribution is -0.113. The first-order valence-corrected chi connectivity index (χ1v) is 7.04. The van der Waals surface area contributed by atoms with Crippen molar-refractivity contribution in [3.63, 3.8) is 0 Å². The Hall–Kier alpha value is -1.88. The highest BCUT2D eigenvalue weighted by Crippen LogP contribution is 2.18. The molecule has 0 atom stereocenters. The van der Waals surface area contributed by atoms with Gasteiger partial charge in [0.15, 0.2) is 5.78 Å². The zero-order chi connectivity index (χ0) is 15.1. The van der Waals surface area contributed by atoms with Crippen LogP contribution in [0.3, 0.4) is 0 Å². The van der Waals surface area contributed by atoms with Crippen molar-refractivity contribution in [2.45, 2.75) is 13.8 Å². The highest BCUT2D eigenvalue weighted by molar-refractivity contribution is 8.00. The first-order valence-electron chi connectivity index (χ1n) is 5.56. The van der Waals surface area contributed by atoms with Gasteiger partial charge in [0.25, 0.3) is 0 Å². The van der Waals surface area contributed by atoms with Crippen molar-refractivity contribution in [1.82, 2.24) is 5.32 Å². The van der Waals surface area contributed by atoms with E-state index in [2.05, 4.69) is 18.5 Å². The maximum atomic E-state index is 12.2. The summed E-state index contributed by atoms with van der Waals surface area (Å²) in [6.07, 6.45) is 7.07. The molecule has 0 saturated heterocycles. The smallest absolute Gasteiger partial charge is 0.209 e. The van der Waals surface area contributed by atoms with E-state index >= 15 is 0 Å². The summed E-state index contributed by atoms with van der Waals surface area (Å²) < 4.78 is 24.3. The maximum absolute atomic E-state index is 12.2. The molecule has 0 aromatic carbocycles. The Morgan fingerprint density at radius 3 is 2.16 bits per heavy atom. The Morgan fingerprint density at radius 2 is 1.74 bits per heavy atom. The van der Waals surface area contributed by atoms with Crippen LogP contribution in [-0.4, -0.2) is 21.2 Å². The number of rotatable bonds is 7. The summed E-state index contributed by atoms with van der Waals surface area (Å²) in [6.45, 7) is 10.0. The number of carbonyl (C=O) groups is 1. The van der Waals surface area contributed by atoms with Crippen LogP contribution in [0.25, 0.3) is 0 Å². The zero-order valence-corrected chi connectivity index (χ0v) is 12.3. The molecule has 19 heavy (non-hydrogen) atoms. The number of allylic oxidation sites excluding steroid dienone is 6. The van der Waals surface area contributed by atoms with Gasteiger partial charge in [-0.25, -0.2) is 8.42 Å². The largest absolute Gasteiger partial charge is 0.394 e. The van der Waals surface area contributed by atoms with Gasteiger partial charge < -0.3 is 5.32 Å². The Labute approximate surface area is 114 Å². The molecular formula is C14H19NO3S. The van der Waals surface area contributed by atoms with Gasteiger partial charge in [-0.2, -0.15) is 0 Å². The van der Waals surface area contributed by atoms with Crippen LogP contribution in [0.5, 0.6) is 0 Å². The number of ketones is 1. The molecule has 0 fully saturated rings. The van der Waals surface area contributed by atoms with Crippen LogP contribution in [0.15, 0.2) is 59.0 Å². The Bertz CT molecular complexity index is 563. The fourth-order valence-electron chi connectivity index (χ4n) is 1.09. The number of nitrogens with one attached hydrogen (secondary N) is 1. The second-order valence-corrected chi connectivity index (χ2v) is 5.86. The van der Waals surface area contributed by atoms with Crippen LogP contribution in [0.1, 0.15) is 13.8 Å². The predicted octanol–water partition coefficient (Wildman–Crippen LogP) is 2.25. The van der Waals surface area contributed by atoms with Crippen molar-refractivity contribution in [1.29, 1.82) is 0 Å². The standard InChI is InChI=1S/C14H19NO3S/c1-11(2)8-9-12(3)19(17,18)14(13(4)16)7-6-10-15-5/h6-10,15H,1,3H2,2,4-5H3/b9-8-,10-6+,14-7+. The first-order chi connectivity index (χ1) is 8.73. The van der Waals surface area contributed by atoms with Gasteiger partial charge in [-0.15, -0.1) is 0 Å². The summed E-state index contributed by atoms with van der Waals surface area (Å²) in [5.41, 5.74) is 0.694. The molecule has 0 aliphatic rings. The molecule has 5 heteroatoms. The lowest BCUT2D eigenvalue weighted by Crippen LogP contribution is -2.11. The third kappa shape index (κ3) is 5.52. The van der Waals surface area contributed by atoms with Crippen LogP contribution in [0.2, 0.25) is 0 Å². The van der Waals surface area contributed by atoms with Gasteiger partial charge in [-0.3, -0.25) is 4.79 Å². The van der Waals surface area contributed by atoms with Gasteiger partial charge >= 0.3 is 0 Å². The SMILES string of the molecule is C=C(C)/C=C\C(=C)S(=O)(=O)/C(=C/C=C/NC)C(C)=O. The molecule has 0 unspecified atom stereocenters. The van der Waals surface area contributed by atoms with Crippen molar-refractivity contribution >= 4 is 15.6 Å². The summed E-state index contributed by atoms with van der Waals surface area (Å²) >= 11 is 0. The van der Waals surface area contributed by atoms with Crippen LogP contribution >= 0.6 is 0 Å². The van der Waals surface area contributed by atoms with E-state index in [4.69, 9.17) is 0 Å². The minimum Gasteiger partial charge on any atom is -0.394 e. The summed E-state index contributed by atoms with van der Waals surface area (Å²) in [7, 11) is -2.20.